The van der Waals surface area contributed by atoms with Gasteiger partial charge in [0.1, 0.15) is 0 Å². The number of nitrogens with two attached hydrogens (primary N) is 1. The summed E-state index contributed by atoms with van der Waals surface area (Å²) in [5.41, 5.74) is 6.39. The lowest BCUT2D eigenvalue weighted by Crippen LogP contribution is -2.28. The topological polar surface area (TPSA) is 46.2 Å². The Labute approximate surface area is 77.2 Å². The normalized spacial score (nSPS) is 11.8. The number of aryl methyl sites for hydroxylation is 1. The molecule has 0 aliphatic carbocycles. The van der Waals surface area contributed by atoms with Gasteiger partial charge in [0.2, 0.25) is 0 Å². The molecule has 13 heavy (non-hydrogen) atoms. The number of benzene rings is 1. The number of aromatic hydroxyl groups is 1. The summed E-state index contributed by atoms with van der Waals surface area (Å²) >= 11 is 0. The number of rotatable bonds is 1. The van der Waals surface area contributed by atoms with E-state index in [1.807, 2.05) is 0 Å². The Kier molecular flexibility index (Phi) is 2.30. The third-order valence-corrected chi connectivity index (χ3v) is 1.98. The van der Waals surface area contributed by atoms with E-state index < -0.39 is 11.4 Å². The molecule has 1 aromatic rings. The number of phenolic OH excluding ortho intramolecular Hbond substituents is 1. The van der Waals surface area contributed by atoms with Crippen LogP contribution >= 0.6 is 0 Å². The van der Waals surface area contributed by atoms with Crippen LogP contribution < -0.4 is 5.73 Å². The first-order valence-corrected chi connectivity index (χ1v) is 4.11. The molecule has 0 atom stereocenters. The van der Waals surface area contributed by atoms with Crippen LogP contribution in [0.5, 0.6) is 5.75 Å². The van der Waals surface area contributed by atoms with Crippen LogP contribution in [0.15, 0.2) is 12.1 Å². The molecule has 0 fully saturated rings. The second kappa shape index (κ2) is 3.00. The quantitative estimate of drug-likeness (QED) is 0.699. The average molecular weight is 183 g/mol. The van der Waals surface area contributed by atoms with Gasteiger partial charge in [-0.05, 0) is 38.0 Å². The number of hydrogen-bond acceptors (Lipinski definition) is 2. The van der Waals surface area contributed by atoms with Crippen molar-refractivity contribution >= 4 is 0 Å². The van der Waals surface area contributed by atoms with Crippen LogP contribution in [0.1, 0.15) is 25.0 Å². The maximum atomic E-state index is 13.0. The molecule has 0 spiro atoms. The maximum Gasteiger partial charge on any atom is 0.167 e. The summed E-state index contributed by atoms with van der Waals surface area (Å²) in [6.07, 6.45) is 0. The fourth-order valence-corrected chi connectivity index (χ4v) is 1.12. The number of hydrogen-bond donors (Lipinski definition) is 2. The van der Waals surface area contributed by atoms with Gasteiger partial charge in [0.05, 0.1) is 0 Å². The van der Waals surface area contributed by atoms with Crippen LogP contribution in [0.3, 0.4) is 0 Å². The molecule has 0 amide bonds. The molecule has 3 N–H and O–H groups in total. The first-order chi connectivity index (χ1) is 5.82. The van der Waals surface area contributed by atoms with Gasteiger partial charge in [0.15, 0.2) is 11.6 Å². The molecular weight excluding hydrogens is 169 g/mol. The summed E-state index contributed by atoms with van der Waals surface area (Å²) in [7, 11) is 0. The van der Waals surface area contributed by atoms with E-state index in [4.69, 9.17) is 5.73 Å². The molecule has 1 aromatic carbocycles. The van der Waals surface area contributed by atoms with Crippen LogP contribution in [0.4, 0.5) is 4.39 Å². The predicted octanol–water partition coefficient (Wildman–Crippen LogP) is 2.03. The lowest BCUT2D eigenvalue weighted by Gasteiger charge is -2.20. The van der Waals surface area contributed by atoms with Gasteiger partial charge in [-0.25, -0.2) is 4.39 Å². The fourth-order valence-electron chi connectivity index (χ4n) is 1.12. The molecule has 0 bridgehead atoms. The molecule has 0 unspecified atom stereocenters. The van der Waals surface area contributed by atoms with E-state index in [2.05, 4.69) is 0 Å². The summed E-state index contributed by atoms with van der Waals surface area (Å²) < 4.78 is 13.0. The van der Waals surface area contributed by atoms with Crippen molar-refractivity contribution in [3.8, 4) is 5.75 Å². The molecule has 72 valence electrons. The van der Waals surface area contributed by atoms with E-state index in [-0.39, 0.29) is 5.75 Å². The molecule has 0 saturated heterocycles. The van der Waals surface area contributed by atoms with Crippen molar-refractivity contribution in [1.82, 2.24) is 0 Å². The highest BCUT2D eigenvalue weighted by molar-refractivity contribution is 5.37. The fraction of sp³-hybridized carbons (Fsp3) is 0.400. The van der Waals surface area contributed by atoms with Crippen molar-refractivity contribution in [2.24, 2.45) is 5.73 Å². The molecule has 2 nitrogen and oxygen atoms in total. The van der Waals surface area contributed by atoms with Crippen molar-refractivity contribution in [1.29, 1.82) is 0 Å². The highest BCUT2D eigenvalue weighted by Crippen LogP contribution is 2.26. The van der Waals surface area contributed by atoms with Crippen molar-refractivity contribution in [2.45, 2.75) is 26.3 Å². The van der Waals surface area contributed by atoms with Gasteiger partial charge in [-0.15, -0.1) is 0 Å². The Hall–Kier alpha value is -1.09. The summed E-state index contributed by atoms with van der Waals surface area (Å²) in [5.74, 6) is -0.915. The smallest absolute Gasteiger partial charge is 0.167 e. The van der Waals surface area contributed by atoms with Crippen LogP contribution in [-0.4, -0.2) is 5.11 Å². The minimum absolute atomic E-state index is 0.339. The zero-order valence-corrected chi connectivity index (χ0v) is 8.06. The van der Waals surface area contributed by atoms with Gasteiger partial charge in [-0.3, -0.25) is 0 Å². The molecule has 0 aliphatic heterocycles. The number of phenols is 1. The lowest BCUT2D eigenvalue weighted by atomic mass is 9.94. The summed E-state index contributed by atoms with van der Waals surface area (Å²) in [5, 5.41) is 9.21. The van der Waals surface area contributed by atoms with E-state index in [1.165, 1.54) is 6.07 Å². The lowest BCUT2D eigenvalue weighted by molar-refractivity contribution is 0.425. The van der Waals surface area contributed by atoms with Gasteiger partial charge in [-0.2, -0.15) is 0 Å². The van der Waals surface area contributed by atoms with Crippen molar-refractivity contribution in [3.05, 3.63) is 29.1 Å². The molecular formula is C10H14FNO. The molecule has 0 saturated carbocycles. The van der Waals surface area contributed by atoms with Crippen LogP contribution in [0.2, 0.25) is 0 Å². The summed E-state index contributed by atoms with van der Waals surface area (Å²) in [4.78, 5) is 0. The molecule has 0 radical (unpaired) electrons. The largest absolute Gasteiger partial charge is 0.505 e. The molecule has 0 aromatic heterocycles. The first-order valence-electron chi connectivity index (χ1n) is 4.11. The van der Waals surface area contributed by atoms with Gasteiger partial charge in [0, 0.05) is 5.54 Å². The molecule has 0 heterocycles. The zero-order chi connectivity index (χ0) is 10.2. The highest BCUT2D eigenvalue weighted by Gasteiger charge is 2.17. The van der Waals surface area contributed by atoms with Gasteiger partial charge >= 0.3 is 0 Å². The van der Waals surface area contributed by atoms with E-state index in [0.717, 1.165) is 5.56 Å². The Morgan fingerprint density at radius 3 is 2.31 bits per heavy atom. The van der Waals surface area contributed by atoms with E-state index in [1.54, 1.807) is 26.8 Å². The predicted molar refractivity (Wildman–Crippen MR) is 50.0 cm³/mol. The van der Waals surface area contributed by atoms with E-state index in [0.29, 0.717) is 5.56 Å². The van der Waals surface area contributed by atoms with Crippen molar-refractivity contribution < 1.29 is 9.50 Å². The Morgan fingerprint density at radius 2 is 1.92 bits per heavy atom. The third kappa shape index (κ3) is 1.98. The monoisotopic (exact) mass is 183 g/mol. The minimum atomic E-state index is -0.576. The Balaban J connectivity index is 3.29. The first kappa shape index (κ1) is 9.99. The zero-order valence-electron chi connectivity index (χ0n) is 8.06. The van der Waals surface area contributed by atoms with Crippen LogP contribution in [-0.2, 0) is 5.54 Å². The van der Waals surface area contributed by atoms with Crippen LogP contribution in [0.25, 0.3) is 0 Å². The summed E-state index contributed by atoms with van der Waals surface area (Å²) in [6.45, 7) is 5.21. The average Bonchev–Trinajstić information content (AvgIpc) is 1.97. The van der Waals surface area contributed by atoms with Gasteiger partial charge in [-0.1, -0.05) is 6.07 Å². The maximum absolute atomic E-state index is 13.0. The van der Waals surface area contributed by atoms with Gasteiger partial charge < -0.3 is 10.8 Å². The van der Waals surface area contributed by atoms with Crippen molar-refractivity contribution in [3.63, 3.8) is 0 Å². The van der Waals surface area contributed by atoms with Crippen LogP contribution in [0, 0.1) is 12.7 Å². The molecule has 0 aliphatic rings. The highest BCUT2D eigenvalue weighted by atomic mass is 19.1. The minimum Gasteiger partial charge on any atom is -0.505 e. The second-order valence-electron chi connectivity index (χ2n) is 3.85. The third-order valence-electron chi connectivity index (χ3n) is 1.98. The van der Waals surface area contributed by atoms with E-state index in [9.17, 15) is 9.50 Å². The SMILES string of the molecule is Cc1cc(C(C)(C)N)cc(O)c1F. The Morgan fingerprint density at radius 1 is 1.38 bits per heavy atom. The van der Waals surface area contributed by atoms with Gasteiger partial charge in [0.25, 0.3) is 0 Å². The number of halogens is 1. The standard InChI is InChI=1S/C10H14FNO/c1-6-4-7(10(2,3)12)5-8(13)9(6)11/h4-5,13H,12H2,1-3H3. The van der Waals surface area contributed by atoms with E-state index >= 15 is 0 Å². The second-order valence-corrected chi connectivity index (χ2v) is 3.85. The Bertz CT molecular complexity index is 305. The molecule has 1 rings (SSSR count). The summed E-state index contributed by atoms with van der Waals surface area (Å²) in [6, 6.07) is 3.01. The molecule has 3 heteroatoms. The van der Waals surface area contributed by atoms with Crippen molar-refractivity contribution in [2.75, 3.05) is 0 Å².